The highest BCUT2D eigenvalue weighted by Gasteiger charge is 2.46. The minimum Gasteiger partial charge on any atom is -0.480 e. The van der Waals surface area contributed by atoms with E-state index in [4.69, 9.17) is 24.7 Å². The number of amides is 7. The third-order valence-corrected chi connectivity index (χ3v) is 13.5. The number of carbonyl (C=O) groups is 10. The molecule has 0 bridgehead atoms. The Morgan fingerprint density at radius 3 is 2.23 bits per heavy atom. The average molecular weight is 1100 g/mol. The molecule has 2 aliphatic heterocycles. The van der Waals surface area contributed by atoms with Gasteiger partial charge in [0, 0.05) is 47.7 Å². The molecule has 27 heteroatoms. The van der Waals surface area contributed by atoms with Crippen molar-refractivity contribution in [1.29, 1.82) is 0 Å². The molecule has 26 nitrogen and oxygen atoms in total. The van der Waals surface area contributed by atoms with E-state index >= 15 is 4.39 Å². The van der Waals surface area contributed by atoms with Crippen LogP contribution < -0.4 is 48.1 Å². The summed E-state index contributed by atoms with van der Waals surface area (Å²) in [6.45, 7) is 0.902. The molecule has 0 spiro atoms. The number of carboxylic acids is 2. The molecular weight excluding hydrogens is 1040 g/mol. The van der Waals surface area contributed by atoms with Gasteiger partial charge in [-0.25, -0.2) is 19.0 Å². The van der Waals surface area contributed by atoms with Crippen molar-refractivity contribution in [2.24, 2.45) is 0 Å². The number of fused-ring (bicyclic) bond motifs is 5. The van der Waals surface area contributed by atoms with Crippen molar-refractivity contribution in [3.05, 3.63) is 110 Å². The van der Waals surface area contributed by atoms with Gasteiger partial charge in [0.2, 0.25) is 41.4 Å². The van der Waals surface area contributed by atoms with Crippen molar-refractivity contribution in [2.45, 2.75) is 89.4 Å². The molecule has 7 amide bonds. The zero-order chi connectivity index (χ0) is 57.3. The standard InChI is InChI=1S/C52H57FN10O16/c1-4-52(77)31-15-37-46-29(22-63(37)50(75)30(31)23-78-51(52)76)45-33(11-10-28-25(2)32(53)16-34(61-46)44(28)45)62-47(72)26(3)79-24-58-40(66)19-56-48(73)35(14-27-8-6-5-7-9-27)59-41(67)20-55-39(65)18-57-49(74)36(17-54-21-43(70)71)60-38(64)12-13-42(68)69/h5-9,12-13,15-16,26,33,35-36,54,77H,4,10-11,14,17-24H2,1-3H3,(H,55,65)(H,56,73)(H,57,74)(H,58,66)(H,59,67)(H,60,64)(H,62,72)(H,68,69)(H,70,71)/b13-12-/t26-,33+,35+,36-,52+/m1/s1. The van der Waals surface area contributed by atoms with Gasteiger partial charge in [-0.15, -0.1) is 0 Å². The monoisotopic (exact) mass is 1100 g/mol. The maximum atomic E-state index is 15.4. The number of hydrogen-bond acceptors (Lipinski definition) is 16. The number of ether oxygens (including phenoxy) is 2. The van der Waals surface area contributed by atoms with Gasteiger partial charge >= 0.3 is 17.9 Å². The van der Waals surface area contributed by atoms with E-state index in [2.05, 4.69) is 42.5 Å². The Morgan fingerprint density at radius 2 is 1.54 bits per heavy atom. The van der Waals surface area contributed by atoms with Gasteiger partial charge < -0.3 is 71.9 Å². The Kier molecular flexibility index (Phi) is 18.3. The average Bonchev–Trinajstić information content (AvgIpc) is 3.85. The first kappa shape index (κ1) is 57.7. The number of carbonyl (C=O) groups excluding carboxylic acids is 8. The molecule has 1 aliphatic carbocycles. The second-order valence-corrected chi connectivity index (χ2v) is 18.7. The summed E-state index contributed by atoms with van der Waals surface area (Å²) in [5.41, 5.74) is 1.53. The SMILES string of the molecule is CC[C@@]1(O)C(=O)OCc2c1cc1n(c2=O)Cc2c-1nc1cc(F)c(C)c3c1c2[C@@H](NC(=O)[C@@H](C)OCNC(=O)CNC(=O)[C@H](Cc1ccccc1)NC(=O)CNC(=O)CNC(=O)[C@@H](CNCC(=O)O)NC(=O)/C=C\C(=O)O)CC3. The number of aliphatic hydroxyl groups is 1. The molecule has 2 aromatic heterocycles. The van der Waals surface area contributed by atoms with Gasteiger partial charge in [0.25, 0.3) is 5.56 Å². The Morgan fingerprint density at radius 1 is 0.861 bits per heavy atom. The predicted molar refractivity (Wildman–Crippen MR) is 272 cm³/mol. The van der Waals surface area contributed by atoms with Gasteiger partial charge in [-0.05, 0) is 61.4 Å². The molecule has 0 saturated heterocycles. The van der Waals surface area contributed by atoms with E-state index in [0.29, 0.717) is 69.6 Å². The number of carboxylic acid groups (broad SMARTS) is 2. The van der Waals surface area contributed by atoms with E-state index in [1.54, 1.807) is 50.2 Å². The summed E-state index contributed by atoms with van der Waals surface area (Å²) in [7, 11) is 0. The number of halogens is 1. The number of esters is 1. The number of aryl methyl sites for hydroxylation is 1. The molecule has 7 rings (SSSR count). The van der Waals surface area contributed by atoms with Crippen molar-refractivity contribution in [3.63, 3.8) is 0 Å². The van der Waals surface area contributed by atoms with Crippen molar-refractivity contribution in [3.8, 4) is 11.4 Å². The quantitative estimate of drug-likeness (QED) is 0.0181. The lowest BCUT2D eigenvalue weighted by atomic mass is 9.81. The molecule has 0 unspecified atom stereocenters. The number of cyclic esters (lactones) is 1. The lowest BCUT2D eigenvalue weighted by molar-refractivity contribution is -0.172. The van der Waals surface area contributed by atoms with E-state index in [9.17, 15) is 57.8 Å². The highest BCUT2D eigenvalue weighted by Crippen LogP contribution is 2.46. The molecule has 0 radical (unpaired) electrons. The number of aromatic nitrogens is 2. The largest absolute Gasteiger partial charge is 0.480 e. The molecule has 4 aromatic rings. The molecule has 0 fully saturated rings. The van der Waals surface area contributed by atoms with Crippen LogP contribution in [0.15, 0.2) is 59.4 Å². The fraction of sp³-hybridized carbons (Fsp3) is 0.385. The van der Waals surface area contributed by atoms with Crippen molar-refractivity contribution >= 4 is 70.2 Å². The summed E-state index contributed by atoms with van der Waals surface area (Å²) >= 11 is 0. The highest BCUT2D eigenvalue weighted by atomic mass is 19.1. The molecule has 0 saturated carbocycles. The van der Waals surface area contributed by atoms with Gasteiger partial charge in [0.05, 0.1) is 61.2 Å². The molecule has 4 heterocycles. The number of nitrogens with zero attached hydrogens (tertiary/aromatic N) is 2. The van der Waals surface area contributed by atoms with Crippen LogP contribution in [0.3, 0.4) is 0 Å². The van der Waals surface area contributed by atoms with E-state index in [1.165, 1.54) is 17.6 Å². The lowest BCUT2D eigenvalue weighted by Gasteiger charge is -2.31. The Balaban J connectivity index is 0.925. The summed E-state index contributed by atoms with van der Waals surface area (Å²) < 4.78 is 27.8. The first-order valence-corrected chi connectivity index (χ1v) is 24.9. The van der Waals surface area contributed by atoms with Gasteiger partial charge in [-0.2, -0.15) is 0 Å². The first-order valence-electron chi connectivity index (χ1n) is 24.9. The smallest absolute Gasteiger partial charge is 0.343 e. The van der Waals surface area contributed by atoms with Crippen LogP contribution in [0.25, 0.3) is 22.3 Å². The van der Waals surface area contributed by atoms with Crippen molar-refractivity contribution < 1.29 is 77.1 Å². The molecule has 2 aromatic carbocycles. The van der Waals surface area contributed by atoms with Crippen LogP contribution >= 0.6 is 0 Å². The fourth-order valence-corrected chi connectivity index (χ4v) is 9.40. The maximum absolute atomic E-state index is 15.4. The number of aliphatic carboxylic acids is 2. The minimum absolute atomic E-state index is 0.0242. The number of hydrogen-bond donors (Lipinski definition) is 11. The zero-order valence-corrected chi connectivity index (χ0v) is 42.9. The molecular formula is C52H57FN10O16. The molecule has 79 heavy (non-hydrogen) atoms. The maximum Gasteiger partial charge on any atom is 0.343 e. The van der Waals surface area contributed by atoms with Gasteiger partial charge in [0.1, 0.15) is 37.3 Å². The van der Waals surface area contributed by atoms with Gasteiger partial charge in [0.15, 0.2) is 5.60 Å². The normalized spacial score (nSPS) is 16.9. The lowest BCUT2D eigenvalue weighted by Crippen LogP contribution is -2.54. The molecule has 5 atom stereocenters. The van der Waals surface area contributed by atoms with Gasteiger partial charge in [-0.1, -0.05) is 37.3 Å². The van der Waals surface area contributed by atoms with Crippen molar-refractivity contribution in [1.82, 2.24) is 52.1 Å². The Bertz CT molecular complexity index is 3240. The van der Waals surface area contributed by atoms with Crippen LogP contribution in [0, 0.1) is 12.7 Å². The Hall–Kier alpha value is -8.95. The van der Waals surface area contributed by atoms with Crippen LogP contribution in [0.5, 0.6) is 0 Å². The minimum atomic E-state index is -2.07. The summed E-state index contributed by atoms with van der Waals surface area (Å²) in [6.07, 6.45) is 0.572. The molecule has 3 aliphatic rings. The van der Waals surface area contributed by atoms with E-state index in [-0.39, 0.29) is 42.6 Å². The summed E-state index contributed by atoms with van der Waals surface area (Å²) in [4.78, 5) is 144. The van der Waals surface area contributed by atoms with E-state index in [1.807, 2.05) is 0 Å². The molecule has 418 valence electrons. The zero-order valence-electron chi connectivity index (χ0n) is 42.9. The van der Waals surface area contributed by atoms with Crippen LogP contribution in [-0.4, -0.2) is 142 Å². The number of nitrogens with one attached hydrogen (secondary N) is 8. The summed E-state index contributed by atoms with van der Waals surface area (Å²) in [6, 6.07) is 7.96. The highest BCUT2D eigenvalue weighted by molar-refractivity contribution is 5.98. The number of rotatable bonds is 24. The van der Waals surface area contributed by atoms with Gasteiger partial charge in [-0.3, -0.25) is 43.2 Å². The second-order valence-electron chi connectivity index (χ2n) is 18.7. The fourth-order valence-electron chi connectivity index (χ4n) is 9.40. The summed E-state index contributed by atoms with van der Waals surface area (Å²) in [5, 5.41) is 49.1. The van der Waals surface area contributed by atoms with E-state index in [0.717, 1.165) is 0 Å². The van der Waals surface area contributed by atoms with Crippen LogP contribution in [0.4, 0.5) is 4.39 Å². The topological polar surface area (TPSA) is 381 Å². The first-order chi connectivity index (χ1) is 37.6. The number of pyridine rings is 2. The van der Waals surface area contributed by atoms with Crippen LogP contribution in [0.1, 0.15) is 71.7 Å². The van der Waals surface area contributed by atoms with Crippen LogP contribution in [-0.2, 0) is 89.0 Å². The van der Waals surface area contributed by atoms with Crippen LogP contribution in [0.2, 0.25) is 0 Å². The predicted octanol–water partition coefficient (Wildman–Crippen LogP) is -2.01. The number of benzene rings is 2. The van der Waals surface area contributed by atoms with Crippen molar-refractivity contribution in [2.75, 3.05) is 39.5 Å². The third-order valence-electron chi connectivity index (χ3n) is 13.5. The van der Waals surface area contributed by atoms with E-state index < -0.39 is 140 Å². The third kappa shape index (κ3) is 13.4. The Labute approximate surface area is 448 Å². The second kappa shape index (κ2) is 25.0. The molecule has 11 N–H and O–H groups in total. The summed E-state index contributed by atoms with van der Waals surface area (Å²) in [5.74, 6) is -9.87.